The van der Waals surface area contributed by atoms with Gasteiger partial charge >= 0.3 is 0 Å². The van der Waals surface area contributed by atoms with Gasteiger partial charge in [0, 0.05) is 25.0 Å². The Morgan fingerprint density at radius 1 is 1.25 bits per heavy atom. The van der Waals surface area contributed by atoms with Crippen LogP contribution in [0.15, 0.2) is 30.5 Å². The Kier molecular flexibility index (Phi) is 3.89. The zero-order chi connectivity index (χ0) is 14.7. The van der Waals surface area contributed by atoms with Crippen molar-refractivity contribution in [2.75, 3.05) is 12.8 Å². The summed E-state index contributed by atoms with van der Waals surface area (Å²) in [6.45, 7) is 3.89. The van der Waals surface area contributed by atoms with Crippen LogP contribution in [0.5, 0.6) is 11.5 Å². The van der Waals surface area contributed by atoms with Gasteiger partial charge in [-0.15, -0.1) is 0 Å². The molecule has 0 spiro atoms. The molecule has 0 saturated heterocycles. The van der Waals surface area contributed by atoms with Crippen molar-refractivity contribution < 1.29 is 9.53 Å². The van der Waals surface area contributed by atoms with Crippen LogP contribution in [-0.4, -0.2) is 17.9 Å². The Morgan fingerprint density at radius 3 is 2.70 bits per heavy atom. The summed E-state index contributed by atoms with van der Waals surface area (Å²) in [5, 5.41) is 2.53. The third-order valence-electron chi connectivity index (χ3n) is 3.20. The number of aromatic nitrogens is 1. The van der Waals surface area contributed by atoms with Crippen LogP contribution in [0.1, 0.15) is 21.6 Å². The largest absolute Gasteiger partial charge is 0.457 e. The van der Waals surface area contributed by atoms with E-state index in [1.54, 1.807) is 31.4 Å². The number of benzene rings is 1. The van der Waals surface area contributed by atoms with Crippen LogP contribution >= 0.6 is 0 Å². The fraction of sp³-hybridized carbons (Fsp3) is 0.200. The number of nitrogens with two attached hydrogens (primary N) is 1. The number of anilines is 1. The van der Waals surface area contributed by atoms with E-state index in [-0.39, 0.29) is 5.91 Å². The minimum atomic E-state index is -0.249. The van der Waals surface area contributed by atoms with Crippen LogP contribution in [0.25, 0.3) is 0 Å². The maximum absolute atomic E-state index is 11.5. The molecule has 0 saturated carbocycles. The van der Waals surface area contributed by atoms with Crippen molar-refractivity contribution in [2.24, 2.45) is 0 Å². The number of ether oxygens (including phenoxy) is 1. The van der Waals surface area contributed by atoms with Crippen molar-refractivity contribution >= 4 is 11.6 Å². The summed E-state index contributed by atoms with van der Waals surface area (Å²) in [7, 11) is 1.56. The summed E-state index contributed by atoms with van der Waals surface area (Å²) in [5.74, 6) is 1.03. The zero-order valence-corrected chi connectivity index (χ0v) is 11.7. The molecule has 2 aromatic rings. The van der Waals surface area contributed by atoms with E-state index in [4.69, 9.17) is 10.5 Å². The molecule has 0 fully saturated rings. The molecule has 3 N–H and O–H groups in total. The molecule has 20 heavy (non-hydrogen) atoms. The molecule has 1 aromatic carbocycles. The number of amides is 1. The fourth-order valence-corrected chi connectivity index (χ4v) is 1.78. The molecule has 104 valence electrons. The maximum atomic E-state index is 11.5. The van der Waals surface area contributed by atoms with E-state index in [0.717, 1.165) is 16.8 Å². The standard InChI is InChI=1S/C15H17N3O2/c1-9-10(2)14(5-4-12(9)16)20-11-6-7-18-13(8-11)15(19)17-3/h4-8H,16H2,1-3H3,(H,17,19). The Hall–Kier alpha value is -2.56. The van der Waals surface area contributed by atoms with Crippen LogP contribution in [0.4, 0.5) is 5.69 Å². The van der Waals surface area contributed by atoms with Gasteiger partial charge < -0.3 is 15.8 Å². The van der Waals surface area contributed by atoms with Gasteiger partial charge in [0.1, 0.15) is 17.2 Å². The number of rotatable bonds is 3. The number of nitrogens with one attached hydrogen (secondary N) is 1. The van der Waals surface area contributed by atoms with E-state index in [0.29, 0.717) is 17.2 Å². The van der Waals surface area contributed by atoms with Gasteiger partial charge in [-0.05, 0) is 43.2 Å². The van der Waals surface area contributed by atoms with Crippen molar-refractivity contribution in [3.8, 4) is 11.5 Å². The molecule has 1 aromatic heterocycles. The van der Waals surface area contributed by atoms with Crippen molar-refractivity contribution in [1.29, 1.82) is 0 Å². The van der Waals surface area contributed by atoms with Crippen LogP contribution in [0.3, 0.4) is 0 Å². The van der Waals surface area contributed by atoms with E-state index in [1.165, 1.54) is 0 Å². The number of pyridine rings is 1. The van der Waals surface area contributed by atoms with Crippen molar-refractivity contribution in [2.45, 2.75) is 13.8 Å². The first-order valence-electron chi connectivity index (χ1n) is 6.24. The zero-order valence-electron chi connectivity index (χ0n) is 11.7. The van der Waals surface area contributed by atoms with Crippen molar-refractivity contribution in [3.05, 3.63) is 47.3 Å². The molecule has 2 rings (SSSR count). The quantitative estimate of drug-likeness (QED) is 0.840. The summed E-state index contributed by atoms with van der Waals surface area (Å²) in [6, 6.07) is 6.93. The predicted octanol–water partition coefficient (Wildman–Crippen LogP) is 2.43. The molecule has 1 heterocycles. The molecular formula is C15H17N3O2. The number of carbonyl (C=O) groups excluding carboxylic acids is 1. The minimum absolute atomic E-state index is 0.249. The van der Waals surface area contributed by atoms with Gasteiger partial charge in [-0.1, -0.05) is 0 Å². The topological polar surface area (TPSA) is 77.2 Å². The molecule has 0 bridgehead atoms. The lowest BCUT2D eigenvalue weighted by molar-refractivity contribution is 0.0958. The Morgan fingerprint density at radius 2 is 2.00 bits per heavy atom. The second-order valence-electron chi connectivity index (χ2n) is 4.46. The van der Waals surface area contributed by atoms with Gasteiger partial charge in [0.15, 0.2) is 0 Å². The number of nitrogens with zero attached hydrogens (tertiary/aromatic N) is 1. The van der Waals surface area contributed by atoms with E-state index in [1.807, 2.05) is 19.9 Å². The number of hydrogen-bond donors (Lipinski definition) is 2. The maximum Gasteiger partial charge on any atom is 0.269 e. The molecule has 0 aliphatic heterocycles. The number of hydrogen-bond acceptors (Lipinski definition) is 4. The molecule has 0 aliphatic carbocycles. The van der Waals surface area contributed by atoms with Gasteiger partial charge in [0.05, 0.1) is 0 Å². The van der Waals surface area contributed by atoms with Gasteiger partial charge in [-0.2, -0.15) is 0 Å². The molecule has 5 nitrogen and oxygen atoms in total. The number of carbonyl (C=O) groups is 1. The van der Waals surface area contributed by atoms with Gasteiger partial charge in [0.2, 0.25) is 0 Å². The summed E-state index contributed by atoms with van der Waals surface area (Å²) in [6.07, 6.45) is 1.54. The third-order valence-corrected chi connectivity index (χ3v) is 3.20. The first-order valence-corrected chi connectivity index (χ1v) is 6.24. The summed E-state index contributed by atoms with van der Waals surface area (Å²) < 4.78 is 5.80. The summed E-state index contributed by atoms with van der Waals surface area (Å²) in [4.78, 5) is 15.5. The summed E-state index contributed by atoms with van der Waals surface area (Å²) in [5.41, 5.74) is 8.86. The highest BCUT2D eigenvalue weighted by atomic mass is 16.5. The fourth-order valence-electron chi connectivity index (χ4n) is 1.78. The normalized spacial score (nSPS) is 10.2. The molecule has 0 radical (unpaired) electrons. The first-order chi connectivity index (χ1) is 9.52. The first kappa shape index (κ1) is 13.9. The lowest BCUT2D eigenvalue weighted by Crippen LogP contribution is -2.18. The molecule has 0 atom stereocenters. The van der Waals surface area contributed by atoms with Crippen LogP contribution in [0, 0.1) is 13.8 Å². The molecular weight excluding hydrogens is 254 g/mol. The number of nitrogen functional groups attached to an aromatic ring is 1. The van der Waals surface area contributed by atoms with E-state index >= 15 is 0 Å². The average Bonchev–Trinajstić information content (AvgIpc) is 2.47. The van der Waals surface area contributed by atoms with Crippen molar-refractivity contribution in [3.63, 3.8) is 0 Å². The SMILES string of the molecule is CNC(=O)c1cc(Oc2ccc(N)c(C)c2C)ccn1. The van der Waals surface area contributed by atoms with Gasteiger partial charge in [-0.25, -0.2) is 0 Å². The highest BCUT2D eigenvalue weighted by Gasteiger charge is 2.09. The van der Waals surface area contributed by atoms with E-state index < -0.39 is 0 Å². The van der Waals surface area contributed by atoms with Crippen molar-refractivity contribution in [1.82, 2.24) is 10.3 Å². The van der Waals surface area contributed by atoms with Gasteiger partial charge in [-0.3, -0.25) is 9.78 Å². The van der Waals surface area contributed by atoms with Gasteiger partial charge in [0.25, 0.3) is 5.91 Å². The average molecular weight is 271 g/mol. The Balaban J connectivity index is 2.31. The third kappa shape index (κ3) is 2.71. The Labute approximate surface area is 117 Å². The minimum Gasteiger partial charge on any atom is -0.457 e. The molecule has 0 aliphatic rings. The second-order valence-corrected chi connectivity index (χ2v) is 4.46. The van der Waals surface area contributed by atoms with Crippen LogP contribution < -0.4 is 15.8 Å². The van der Waals surface area contributed by atoms with Crippen LogP contribution in [-0.2, 0) is 0 Å². The predicted molar refractivity (Wildman–Crippen MR) is 78.0 cm³/mol. The highest BCUT2D eigenvalue weighted by molar-refractivity contribution is 5.92. The highest BCUT2D eigenvalue weighted by Crippen LogP contribution is 2.29. The van der Waals surface area contributed by atoms with Crippen LogP contribution in [0.2, 0.25) is 0 Å². The Bertz CT molecular complexity index is 654. The second kappa shape index (κ2) is 5.61. The summed E-state index contributed by atoms with van der Waals surface area (Å²) >= 11 is 0. The molecule has 0 unspecified atom stereocenters. The smallest absolute Gasteiger partial charge is 0.269 e. The van der Waals surface area contributed by atoms with E-state index in [9.17, 15) is 4.79 Å². The lowest BCUT2D eigenvalue weighted by atomic mass is 10.1. The molecule has 5 heteroatoms. The molecule has 1 amide bonds. The lowest BCUT2D eigenvalue weighted by Gasteiger charge is -2.12. The van der Waals surface area contributed by atoms with E-state index in [2.05, 4.69) is 10.3 Å². The monoisotopic (exact) mass is 271 g/mol.